The molecule has 5 nitrogen and oxygen atoms in total. The molecule has 1 heterocycles. The molecule has 0 bridgehead atoms. The highest BCUT2D eigenvalue weighted by atomic mass is 16.2. The first-order valence-corrected chi connectivity index (χ1v) is 9.23. The van der Waals surface area contributed by atoms with Crippen LogP contribution >= 0.6 is 0 Å². The summed E-state index contributed by atoms with van der Waals surface area (Å²) < 4.78 is 0. The molecule has 1 fully saturated rings. The van der Waals surface area contributed by atoms with E-state index in [0.29, 0.717) is 0 Å². The molecule has 3 rings (SSSR count). The Bertz CT molecular complexity index is 684. The lowest BCUT2D eigenvalue weighted by atomic mass is 9.98. The van der Waals surface area contributed by atoms with E-state index in [9.17, 15) is 4.79 Å². The molecule has 138 valence electrons. The molecule has 1 aliphatic rings. The van der Waals surface area contributed by atoms with Gasteiger partial charge in [-0.2, -0.15) is 0 Å². The summed E-state index contributed by atoms with van der Waals surface area (Å²) in [5.41, 5.74) is 2.04. The Balaban J connectivity index is 1.70. The van der Waals surface area contributed by atoms with Crippen molar-refractivity contribution in [3.63, 3.8) is 0 Å². The van der Waals surface area contributed by atoms with E-state index in [1.54, 1.807) is 0 Å². The Hall–Kier alpha value is -2.37. The summed E-state index contributed by atoms with van der Waals surface area (Å²) in [6.45, 7) is 6.18. The fourth-order valence-corrected chi connectivity index (χ4v) is 3.54. The lowest BCUT2D eigenvalue weighted by Gasteiger charge is -2.41. The van der Waals surface area contributed by atoms with Gasteiger partial charge in [0.2, 0.25) is 0 Å². The summed E-state index contributed by atoms with van der Waals surface area (Å²) in [4.78, 5) is 17.3. The van der Waals surface area contributed by atoms with Gasteiger partial charge in [0.1, 0.15) is 0 Å². The minimum atomic E-state index is -0.168. The predicted molar refractivity (Wildman–Crippen MR) is 106 cm³/mol. The Morgan fingerprint density at radius 3 is 2.12 bits per heavy atom. The number of piperazine rings is 1. The van der Waals surface area contributed by atoms with Gasteiger partial charge in [-0.1, -0.05) is 48.5 Å². The van der Waals surface area contributed by atoms with E-state index in [-0.39, 0.29) is 18.1 Å². The van der Waals surface area contributed by atoms with Gasteiger partial charge in [-0.3, -0.25) is 4.90 Å². The number of nitrogens with zero attached hydrogens (tertiary/aromatic N) is 2. The van der Waals surface area contributed by atoms with Crippen LogP contribution < -0.4 is 10.6 Å². The molecular weight excluding hydrogens is 324 g/mol. The third-order valence-electron chi connectivity index (χ3n) is 4.94. The van der Waals surface area contributed by atoms with Crippen molar-refractivity contribution < 1.29 is 4.79 Å². The minimum Gasteiger partial charge on any atom is -0.333 e. The van der Waals surface area contributed by atoms with Gasteiger partial charge in [0.25, 0.3) is 0 Å². The van der Waals surface area contributed by atoms with E-state index in [2.05, 4.69) is 58.7 Å². The third kappa shape index (κ3) is 4.84. The van der Waals surface area contributed by atoms with Crippen LogP contribution in [0.2, 0.25) is 0 Å². The predicted octanol–water partition coefficient (Wildman–Crippen LogP) is 3.19. The molecule has 26 heavy (non-hydrogen) atoms. The maximum Gasteiger partial charge on any atom is 0.319 e. The van der Waals surface area contributed by atoms with Gasteiger partial charge in [0, 0.05) is 37.9 Å². The molecule has 0 aliphatic carbocycles. The summed E-state index contributed by atoms with van der Waals surface area (Å²) in [5, 5.41) is 6.04. The summed E-state index contributed by atoms with van der Waals surface area (Å²) in [7, 11) is 2.16. The highest BCUT2D eigenvalue weighted by Gasteiger charge is 2.29. The number of urea groups is 1. The van der Waals surface area contributed by atoms with Crippen molar-refractivity contribution in [2.24, 2.45) is 0 Å². The van der Waals surface area contributed by atoms with E-state index in [1.807, 2.05) is 36.4 Å². The molecule has 1 aliphatic heterocycles. The lowest BCUT2D eigenvalue weighted by molar-refractivity contribution is 0.0954. The van der Waals surface area contributed by atoms with Crippen molar-refractivity contribution in [2.75, 3.05) is 38.5 Å². The number of anilines is 1. The maximum absolute atomic E-state index is 12.4. The van der Waals surface area contributed by atoms with E-state index < -0.39 is 0 Å². The van der Waals surface area contributed by atoms with Crippen LogP contribution in [0.15, 0.2) is 60.7 Å². The number of carbonyl (C=O) groups excluding carboxylic acids is 1. The second-order valence-electron chi connectivity index (χ2n) is 6.95. The number of hydrogen-bond donors (Lipinski definition) is 2. The van der Waals surface area contributed by atoms with E-state index in [4.69, 9.17) is 0 Å². The van der Waals surface area contributed by atoms with Gasteiger partial charge in [-0.25, -0.2) is 4.79 Å². The van der Waals surface area contributed by atoms with Crippen molar-refractivity contribution in [2.45, 2.75) is 19.0 Å². The smallest absolute Gasteiger partial charge is 0.319 e. The van der Waals surface area contributed by atoms with Crippen LogP contribution in [0.4, 0.5) is 10.5 Å². The second-order valence-corrected chi connectivity index (χ2v) is 6.95. The van der Waals surface area contributed by atoms with Crippen LogP contribution in [0.5, 0.6) is 0 Å². The molecule has 0 radical (unpaired) electrons. The zero-order valence-electron chi connectivity index (χ0n) is 15.6. The van der Waals surface area contributed by atoms with Crippen LogP contribution in [0.25, 0.3) is 0 Å². The first kappa shape index (κ1) is 18.4. The average molecular weight is 352 g/mol. The average Bonchev–Trinajstić information content (AvgIpc) is 2.65. The molecule has 0 saturated carbocycles. The Labute approximate surface area is 156 Å². The zero-order chi connectivity index (χ0) is 18.4. The molecule has 0 unspecified atom stereocenters. The van der Waals surface area contributed by atoms with Crippen LogP contribution in [-0.4, -0.2) is 55.1 Å². The first-order valence-electron chi connectivity index (χ1n) is 9.23. The SMILES string of the molecule is C[C@@H](NC(=O)Nc1ccccc1)[C@@H](c1ccccc1)N1CCN(C)CC1. The van der Waals surface area contributed by atoms with Crippen molar-refractivity contribution in [1.82, 2.24) is 15.1 Å². The molecule has 0 aromatic heterocycles. The van der Waals surface area contributed by atoms with Crippen molar-refractivity contribution in [3.05, 3.63) is 66.2 Å². The second kappa shape index (κ2) is 8.83. The van der Waals surface area contributed by atoms with Gasteiger partial charge in [-0.05, 0) is 31.7 Å². The molecule has 5 heteroatoms. The molecule has 2 atom stereocenters. The topological polar surface area (TPSA) is 47.6 Å². The standard InChI is InChI=1S/C21H28N4O/c1-17(22-21(26)23-19-11-7-4-8-12-19)20(18-9-5-3-6-10-18)25-15-13-24(2)14-16-25/h3-12,17,20H,13-16H2,1-2H3,(H2,22,23,26)/t17-,20+/m1/s1. The van der Waals surface area contributed by atoms with Crippen molar-refractivity contribution in [3.8, 4) is 0 Å². The summed E-state index contributed by atoms with van der Waals surface area (Å²) in [5.74, 6) is 0. The zero-order valence-corrected chi connectivity index (χ0v) is 15.6. The number of carbonyl (C=O) groups is 1. The van der Waals surface area contributed by atoms with E-state index in [1.165, 1.54) is 5.56 Å². The molecule has 1 saturated heterocycles. The normalized spacial score (nSPS) is 18.1. The third-order valence-corrected chi connectivity index (χ3v) is 4.94. The Kier molecular flexibility index (Phi) is 6.26. The fourth-order valence-electron chi connectivity index (χ4n) is 3.54. The summed E-state index contributed by atoms with van der Waals surface area (Å²) >= 11 is 0. The van der Waals surface area contributed by atoms with Gasteiger partial charge >= 0.3 is 6.03 Å². The quantitative estimate of drug-likeness (QED) is 0.869. The Morgan fingerprint density at radius 1 is 0.923 bits per heavy atom. The number of likely N-dealkylation sites (N-methyl/N-ethyl adjacent to an activating group) is 1. The van der Waals surface area contributed by atoms with Gasteiger partial charge in [-0.15, -0.1) is 0 Å². The monoisotopic (exact) mass is 352 g/mol. The lowest BCUT2D eigenvalue weighted by Crippen LogP contribution is -2.52. The molecular formula is C21H28N4O. The van der Waals surface area contributed by atoms with Crippen molar-refractivity contribution >= 4 is 11.7 Å². The van der Waals surface area contributed by atoms with Gasteiger partial charge in [0.15, 0.2) is 0 Å². The number of hydrogen-bond acceptors (Lipinski definition) is 3. The van der Waals surface area contributed by atoms with Crippen LogP contribution in [0.1, 0.15) is 18.5 Å². The number of amides is 2. The number of nitrogens with one attached hydrogen (secondary N) is 2. The number of rotatable bonds is 5. The molecule has 0 spiro atoms. The summed E-state index contributed by atoms with van der Waals surface area (Å²) in [6, 6.07) is 20.0. The van der Waals surface area contributed by atoms with Crippen molar-refractivity contribution in [1.29, 1.82) is 0 Å². The highest BCUT2D eigenvalue weighted by Crippen LogP contribution is 2.25. The maximum atomic E-state index is 12.4. The highest BCUT2D eigenvalue weighted by molar-refractivity contribution is 5.89. The fraction of sp³-hybridized carbons (Fsp3) is 0.381. The molecule has 2 N–H and O–H groups in total. The molecule has 2 amide bonds. The Morgan fingerprint density at radius 2 is 1.50 bits per heavy atom. The largest absolute Gasteiger partial charge is 0.333 e. The minimum absolute atomic E-state index is 0.00971. The summed E-state index contributed by atoms with van der Waals surface area (Å²) in [6.07, 6.45) is 0. The van der Waals surface area contributed by atoms with Gasteiger partial charge in [0.05, 0.1) is 6.04 Å². The van der Waals surface area contributed by atoms with E-state index >= 15 is 0 Å². The van der Waals surface area contributed by atoms with Crippen LogP contribution in [0, 0.1) is 0 Å². The number of para-hydroxylation sites is 1. The molecule has 2 aromatic rings. The van der Waals surface area contributed by atoms with Crippen LogP contribution in [0.3, 0.4) is 0 Å². The van der Waals surface area contributed by atoms with Crippen LogP contribution in [-0.2, 0) is 0 Å². The first-order chi connectivity index (χ1) is 12.6. The van der Waals surface area contributed by atoms with E-state index in [0.717, 1.165) is 31.9 Å². The molecule has 2 aromatic carbocycles. The number of benzene rings is 2. The van der Waals surface area contributed by atoms with Gasteiger partial charge < -0.3 is 15.5 Å².